The summed E-state index contributed by atoms with van der Waals surface area (Å²) in [6.07, 6.45) is 5.26. The minimum absolute atomic E-state index is 0.0448. The molecule has 3 aromatic rings. The van der Waals surface area contributed by atoms with Crippen LogP contribution in [0.3, 0.4) is 0 Å². The highest BCUT2D eigenvalue weighted by Gasteiger charge is 2.41. The summed E-state index contributed by atoms with van der Waals surface area (Å²) in [6, 6.07) is 6.50. The van der Waals surface area contributed by atoms with Crippen LogP contribution in [0.5, 0.6) is 0 Å². The molecule has 1 aliphatic heterocycles. The lowest BCUT2D eigenvalue weighted by Crippen LogP contribution is -2.63. The van der Waals surface area contributed by atoms with Gasteiger partial charge in [0.05, 0.1) is 28.4 Å². The molecule has 5 rings (SSSR count). The van der Waals surface area contributed by atoms with E-state index >= 15 is 0 Å². The summed E-state index contributed by atoms with van der Waals surface area (Å²) in [5.41, 5.74) is 2.89. The van der Waals surface area contributed by atoms with E-state index in [0.29, 0.717) is 17.4 Å². The summed E-state index contributed by atoms with van der Waals surface area (Å²) in [5.74, 6) is 0.552. The Bertz CT molecular complexity index is 1050. The van der Waals surface area contributed by atoms with E-state index in [1.165, 1.54) is 11.3 Å². The molecule has 31 heavy (non-hydrogen) atoms. The van der Waals surface area contributed by atoms with Gasteiger partial charge in [-0.1, -0.05) is 16.8 Å². The molecular formula is C22H27N5O3S. The number of amides is 1. The summed E-state index contributed by atoms with van der Waals surface area (Å²) >= 11 is 1.53. The normalized spacial score (nSPS) is 24.8. The monoisotopic (exact) mass is 441 g/mol. The number of benzene rings is 1. The van der Waals surface area contributed by atoms with Gasteiger partial charge in [0, 0.05) is 25.3 Å². The van der Waals surface area contributed by atoms with Crippen molar-refractivity contribution in [2.45, 2.75) is 50.3 Å². The van der Waals surface area contributed by atoms with E-state index in [9.17, 15) is 9.90 Å². The van der Waals surface area contributed by atoms with Gasteiger partial charge in [-0.25, -0.2) is 0 Å². The minimum Gasteiger partial charge on any atom is -0.384 e. The molecule has 3 heterocycles. The molecule has 9 heteroatoms. The fourth-order valence-electron chi connectivity index (χ4n) is 4.66. The van der Waals surface area contributed by atoms with Crippen molar-refractivity contribution in [2.75, 3.05) is 25.0 Å². The molecule has 0 spiro atoms. The minimum atomic E-state index is -0.717. The summed E-state index contributed by atoms with van der Waals surface area (Å²) in [7, 11) is 0. The Morgan fingerprint density at radius 1 is 1.35 bits per heavy atom. The van der Waals surface area contributed by atoms with Crippen molar-refractivity contribution >= 4 is 34.0 Å². The molecule has 3 N–H and O–H groups in total. The SMILES string of the molecule is Cc1ccc2onc(NCC(=O)NC3CN([C@H]4CC[C@@](O)(c5cncs5)CC4)C3)c2c1. The zero-order chi connectivity index (χ0) is 21.4. The van der Waals surface area contributed by atoms with Crippen LogP contribution in [0.4, 0.5) is 5.82 Å². The van der Waals surface area contributed by atoms with Crippen LogP contribution in [0, 0.1) is 6.92 Å². The maximum Gasteiger partial charge on any atom is 0.239 e. The molecule has 0 unspecified atom stereocenters. The lowest BCUT2D eigenvalue weighted by atomic mass is 9.80. The van der Waals surface area contributed by atoms with Gasteiger partial charge >= 0.3 is 0 Å². The molecule has 164 valence electrons. The van der Waals surface area contributed by atoms with Gasteiger partial charge in [0.15, 0.2) is 11.4 Å². The first-order chi connectivity index (χ1) is 15.0. The van der Waals surface area contributed by atoms with Gasteiger partial charge in [-0.3, -0.25) is 14.7 Å². The van der Waals surface area contributed by atoms with Crippen molar-refractivity contribution in [3.63, 3.8) is 0 Å². The molecular weight excluding hydrogens is 414 g/mol. The smallest absolute Gasteiger partial charge is 0.239 e. The predicted molar refractivity (Wildman–Crippen MR) is 119 cm³/mol. The van der Waals surface area contributed by atoms with E-state index in [-0.39, 0.29) is 18.5 Å². The number of nitrogens with one attached hydrogen (secondary N) is 2. The van der Waals surface area contributed by atoms with Crippen LogP contribution < -0.4 is 10.6 Å². The average molecular weight is 442 g/mol. The topological polar surface area (TPSA) is 104 Å². The first-order valence-electron chi connectivity index (χ1n) is 10.7. The van der Waals surface area contributed by atoms with Gasteiger partial charge in [-0.15, -0.1) is 11.3 Å². The Morgan fingerprint density at radius 2 is 2.16 bits per heavy atom. The second-order valence-corrected chi connectivity index (χ2v) is 9.62. The van der Waals surface area contributed by atoms with Gasteiger partial charge in [-0.2, -0.15) is 0 Å². The molecule has 1 saturated heterocycles. The largest absolute Gasteiger partial charge is 0.384 e. The van der Waals surface area contributed by atoms with Crippen LogP contribution in [0.15, 0.2) is 34.4 Å². The number of nitrogens with zero attached hydrogens (tertiary/aromatic N) is 3. The number of aryl methyl sites for hydroxylation is 1. The highest BCUT2D eigenvalue weighted by atomic mass is 32.1. The van der Waals surface area contributed by atoms with Gasteiger partial charge in [-0.05, 0) is 44.7 Å². The van der Waals surface area contributed by atoms with Crippen LogP contribution >= 0.6 is 11.3 Å². The molecule has 1 aromatic carbocycles. The number of anilines is 1. The van der Waals surface area contributed by atoms with Crippen molar-refractivity contribution in [1.82, 2.24) is 20.4 Å². The Kier molecular flexibility index (Phi) is 5.41. The van der Waals surface area contributed by atoms with Crippen molar-refractivity contribution in [2.24, 2.45) is 0 Å². The summed E-state index contributed by atoms with van der Waals surface area (Å²) in [5, 5.41) is 22.0. The van der Waals surface area contributed by atoms with E-state index in [2.05, 4.69) is 25.7 Å². The highest BCUT2D eigenvalue weighted by molar-refractivity contribution is 7.09. The van der Waals surface area contributed by atoms with Crippen LogP contribution in [0.25, 0.3) is 11.0 Å². The number of aliphatic hydroxyl groups is 1. The molecule has 2 aromatic heterocycles. The summed E-state index contributed by atoms with van der Waals surface area (Å²) in [4.78, 5) is 19.9. The maximum absolute atomic E-state index is 12.4. The van der Waals surface area contributed by atoms with E-state index < -0.39 is 5.60 Å². The van der Waals surface area contributed by atoms with Crippen molar-refractivity contribution < 1.29 is 14.4 Å². The molecule has 1 amide bonds. The number of likely N-dealkylation sites (tertiary alicyclic amines) is 1. The van der Waals surface area contributed by atoms with E-state index in [4.69, 9.17) is 4.52 Å². The van der Waals surface area contributed by atoms with E-state index in [0.717, 1.165) is 54.6 Å². The Balaban J connectivity index is 1.06. The number of hydrogen-bond acceptors (Lipinski definition) is 8. The fourth-order valence-corrected chi connectivity index (χ4v) is 5.44. The molecule has 2 fully saturated rings. The predicted octanol–water partition coefficient (Wildman–Crippen LogP) is 2.64. The standard InChI is InChI=1S/C22H27N5O3S/c1-14-2-3-18-17(8-14)21(26-30-18)24-10-20(28)25-15-11-27(12-15)16-4-6-22(29,7-5-16)19-9-23-13-31-19/h2-3,8-9,13,15-16,29H,4-7,10-12H2,1H3,(H,24,26)(H,25,28)/t16-,22-. The summed E-state index contributed by atoms with van der Waals surface area (Å²) < 4.78 is 5.30. The highest BCUT2D eigenvalue weighted by Crippen LogP contribution is 2.40. The molecule has 2 aliphatic rings. The Morgan fingerprint density at radius 3 is 2.90 bits per heavy atom. The Hall–Kier alpha value is -2.49. The number of hydrogen-bond donors (Lipinski definition) is 3. The number of carbonyl (C=O) groups is 1. The van der Waals surface area contributed by atoms with Crippen LogP contribution in [-0.4, -0.2) is 57.8 Å². The second kappa shape index (κ2) is 8.22. The third kappa shape index (κ3) is 4.17. The number of thiazole rings is 1. The van der Waals surface area contributed by atoms with E-state index in [1.54, 1.807) is 11.7 Å². The molecule has 1 saturated carbocycles. The molecule has 1 aliphatic carbocycles. The lowest BCUT2D eigenvalue weighted by Gasteiger charge is -2.48. The summed E-state index contributed by atoms with van der Waals surface area (Å²) in [6.45, 7) is 3.90. The van der Waals surface area contributed by atoms with Gasteiger partial charge in [0.1, 0.15) is 5.60 Å². The molecule has 0 atom stereocenters. The average Bonchev–Trinajstić information content (AvgIpc) is 3.40. The first kappa shape index (κ1) is 20.4. The maximum atomic E-state index is 12.4. The third-order valence-electron chi connectivity index (χ3n) is 6.51. The number of rotatable bonds is 6. The second-order valence-electron chi connectivity index (χ2n) is 8.73. The van der Waals surface area contributed by atoms with Gasteiger partial charge in [0.25, 0.3) is 0 Å². The quantitative estimate of drug-likeness (QED) is 0.540. The lowest BCUT2D eigenvalue weighted by molar-refractivity contribution is -0.121. The van der Waals surface area contributed by atoms with Crippen LogP contribution in [0.1, 0.15) is 36.1 Å². The van der Waals surface area contributed by atoms with Gasteiger partial charge in [0.2, 0.25) is 5.91 Å². The van der Waals surface area contributed by atoms with Crippen molar-refractivity contribution in [1.29, 1.82) is 0 Å². The zero-order valence-corrected chi connectivity index (χ0v) is 18.3. The molecule has 0 radical (unpaired) electrons. The first-order valence-corrected chi connectivity index (χ1v) is 11.6. The number of aromatic nitrogens is 2. The molecule has 8 nitrogen and oxygen atoms in total. The van der Waals surface area contributed by atoms with Crippen molar-refractivity contribution in [3.8, 4) is 0 Å². The number of fused-ring (bicyclic) bond motifs is 1. The number of carbonyl (C=O) groups excluding carboxylic acids is 1. The van der Waals surface area contributed by atoms with Crippen molar-refractivity contribution in [3.05, 3.63) is 40.3 Å². The van der Waals surface area contributed by atoms with Gasteiger partial charge < -0.3 is 20.3 Å². The zero-order valence-electron chi connectivity index (χ0n) is 17.5. The fraction of sp³-hybridized carbons (Fsp3) is 0.500. The van der Waals surface area contributed by atoms with Crippen LogP contribution in [0.2, 0.25) is 0 Å². The molecule has 0 bridgehead atoms. The Labute approximate surface area is 184 Å². The third-order valence-corrected chi connectivity index (χ3v) is 7.47. The van der Waals surface area contributed by atoms with E-state index in [1.807, 2.05) is 25.1 Å². The van der Waals surface area contributed by atoms with Crippen LogP contribution in [-0.2, 0) is 10.4 Å².